The first-order valence-corrected chi connectivity index (χ1v) is 5.98. The van der Waals surface area contributed by atoms with E-state index in [2.05, 4.69) is 15.9 Å². The molecule has 1 heterocycles. The maximum Gasteiger partial charge on any atom is 0.231 e. The Bertz CT molecular complexity index is 460. The normalized spacial score (nSPS) is 20.7. The molecule has 2 aliphatic rings. The lowest BCUT2D eigenvalue weighted by molar-refractivity contribution is 0.173. The Morgan fingerprint density at radius 3 is 2.75 bits per heavy atom. The van der Waals surface area contributed by atoms with Crippen molar-refractivity contribution in [3.8, 4) is 11.5 Å². The van der Waals surface area contributed by atoms with E-state index in [0.717, 1.165) is 19.3 Å². The zero-order valence-corrected chi connectivity index (χ0v) is 10.1. The van der Waals surface area contributed by atoms with Gasteiger partial charge in [0.2, 0.25) is 6.79 Å². The topological polar surface area (TPSA) is 44.5 Å². The molecule has 0 aromatic heterocycles. The van der Waals surface area contributed by atoms with Crippen molar-refractivity contribution in [2.75, 3.05) is 6.79 Å². The molecule has 1 aliphatic heterocycles. The quantitative estimate of drug-likeness (QED) is 0.864. The molecule has 1 aromatic carbocycles. The van der Waals surface area contributed by atoms with Crippen LogP contribution in [0, 0.1) is 5.82 Å². The van der Waals surface area contributed by atoms with Crippen LogP contribution < -0.4 is 15.2 Å². The van der Waals surface area contributed by atoms with Crippen LogP contribution in [0.3, 0.4) is 0 Å². The van der Waals surface area contributed by atoms with Crippen LogP contribution in [0.2, 0.25) is 0 Å². The predicted octanol–water partition coefficient (Wildman–Crippen LogP) is 2.65. The summed E-state index contributed by atoms with van der Waals surface area (Å²) in [5, 5.41) is 0. The molecule has 5 heteroatoms. The molecule has 1 aliphatic carbocycles. The van der Waals surface area contributed by atoms with Crippen molar-refractivity contribution in [2.24, 2.45) is 5.73 Å². The highest BCUT2D eigenvalue weighted by atomic mass is 79.9. The largest absolute Gasteiger partial charge is 0.453 e. The van der Waals surface area contributed by atoms with E-state index in [1.54, 1.807) is 0 Å². The molecule has 1 aromatic rings. The van der Waals surface area contributed by atoms with Crippen molar-refractivity contribution in [1.82, 2.24) is 0 Å². The van der Waals surface area contributed by atoms with Gasteiger partial charge in [0.1, 0.15) is 5.82 Å². The number of nitrogens with two attached hydrogens (primary N) is 1. The van der Waals surface area contributed by atoms with Gasteiger partial charge in [0, 0.05) is 17.2 Å². The highest BCUT2D eigenvalue weighted by Crippen LogP contribution is 2.49. The third-order valence-electron chi connectivity index (χ3n) is 3.30. The first-order chi connectivity index (χ1) is 7.62. The van der Waals surface area contributed by atoms with Crippen molar-refractivity contribution < 1.29 is 13.9 Å². The smallest absolute Gasteiger partial charge is 0.231 e. The van der Waals surface area contributed by atoms with Gasteiger partial charge >= 0.3 is 0 Å². The van der Waals surface area contributed by atoms with Gasteiger partial charge in [-0.25, -0.2) is 4.39 Å². The average Bonchev–Trinajstić information content (AvgIpc) is 2.63. The fourth-order valence-corrected chi connectivity index (χ4v) is 3.13. The Hall–Kier alpha value is -0.810. The highest BCUT2D eigenvalue weighted by molar-refractivity contribution is 9.10. The monoisotopic (exact) mass is 287 g/mol. The maximum atomic E-state index is 14.0. The maximum absolute atomic E-state index is 14.0. The molecule has 3 nitrogen and oxygen atoms in total. The minimum Gasteiger partial charge on any atom is -0.453 e. The van der Waals surface area contributed by atoms with E-state index in [1.807, 2.05) is 0 Å². The Kier molecular flexibility index (Phi) is 2.16. The van der Waals surface area contributed by atoms with Gasteiger partial charge in [0.05, 0.1) is 4.47 Å². The summed E-state index contributed by atoms with van der Waals surface area (Å²) in [6.07, 6.45) is 2.65. The first kappa shape index (κ1) is 10.4. The van der Waals surface area contributed by atoms with E-state index in [-0.39, 0.29) is 12.6 Å². The molecule has 0 radical (unpaired) electrons. The van der Waals surface area contributed by atoms with Crippen molar-refractivity contribution in [3.63, 3.8) is 0 Å². The summed E-state index contributed by atoms with van der Waals surface area (Å²) in [7, 11) is 0. The lowest BCUT2D eigenvalue weighted by atomic mass is 9.72. The van der Waals surface area contributed by atoms with Gasteiger partial charge in [-0.05, 0) is 35.2 Å². The van der Waals surface area contributed by atoms with Crippen LogP contribution in [0.25, 0.3) is 0 Å². The number of fused-ring (bicyclic) bond motifs is 1. The van der Waals surface area contributed by atoms with Gasteiger partial charge in [0.25, 0.3) is 0 Å². The molecule has 3 rings (SSSR count). The standard InChI is InChI=1S/C11H11BrFNO2/c12-9-8(11(14)2-1-3-11)6(13)4-7-10(9)16-5-15-7/h4H,1-3,5,14H2. The SMILES string of the molecule is NC1(c2c(F)cc3c(c2Br)OCO3)CCC1. The molecule has 16 heavy (non-hydrogen) atoms. The van der Waals surface area contributed by atoms with Crippen LogP contribution in [0.4, 0.5) is 4.39 Å². The molecular formula is C11H11BrFNO2. The Balaban J connectivity index is 2.18. The summed E-state index contributed by atoms with van der Waals surface area (Å²) in [5.41, 5.74) is 6.12. The number of halogens is 2. The third kappa shape index (κ3) is 1.28. The van der Waals surface area contributed by atoms with Gasteiger partial charge in [-0.15, -0.1) is 0 Å². The summed E-state index contributed by atoms with van der Waals surface area (Å²) in [6, 6.07) is 1.36. The number of hydrogen-bond donors (Lipinski definition) is 1. The van der Waals surface area contributed by atoms with Crippen molar-refractivity contribution in [3.05, 3.63) is 21.9 Å². The summed E-state index contributed by atoms with van der Waals surface area (Å²) in [4.78, 5) is 0. The molecule has 0 saturated heterocycles. The summed E-state index contributed by atoms with van der Waals surface area (Å²) >= 11 is 3.37. The van der Waals surface area contributed by atoms with E-state index in [1.165, 1.54) is 6.07 Å². The van der Waals surface area contributed by atoms with E-state index < -0.39 is 5.54 Å². The van der Waals surface area contributed by atoms with Crippen LogP contribution >= 0.6 is 15.9 Å². The van der Waals surface area contributed by atoms with E-state index in [9.17, 15) is 4.39 Å². The molecule has 0 unspecified atom stereocenters. The number of benzene rings is 1. The molecule has 0 amide bonds. The zero-order valence-electron chi connectivity index (χ0n) is 8.56. The summed E-state index contributed by atoms with van der Waals surface area (Å²) in [5.74, 6) is 0.683. The number of rotatable bonds is 1. The number of ether oxygens (including phenoxy) is 2. The summed E-state index contributed by atoms with van der Waals surface area (Å²) in [6.45, 7) is 0.133. The average molecular weight is 288 g/mol. The van der Waals surface area contributed by atoms with Gasteiger partial charge in [-0.2, -0.15) is 0 Å². The number of hydrogen-bond acceptors (Lipinski definition) is 3. The van der Waals surface area contributed by atoms with Crippen LogP contribution in [-0.4, -0.2) is 6.79 Å². The van der Waals surface area contributed by atoms with Crippen LogP contribution in [0.1, 0.15) is 24.8 Å². The zero-order chi connectivity index (χ0) is 11.3. The molecule has 0 atom stereocenters. The van der Waals surface area contributed by atoms with Crippen LogP contribution in [0.15, 0.2) is 10.5 Å². The Morgan fingerprint density at radius 1 is 1.38 bits per heavy atom. The van der Waals surface area contributed by atoms with Crippen LogP contribution in [0.5, 0.6) is 11.5 Å². The minimum absolute atomic E-state index is 0.133. The highest BCUT2D eigenvalue weighted by Gasteiger charge is 2.40. The van der Waals surface area contributed by atoms with Gasteiger partial charge in [-0.3, -0.25) is 0 Å². The second-order valence-electron chi connectivity index (χ2n) is 4.29. The molecule has 2 N–H and O–H groups in total. The molecule has 0 spiro atoms. The van der Waals surface area contributed by atoms with Crippen molar-refractivity contribution in [2.45, 2.75) is 24.8 Å². The fraction of sp³-hybridized carbons (Fsp3) is 0.455. The summed E-state index contributed by atoms with van der Waals surface area (Å²) < 4.78 is 25.0. The van der Waals surface area contributed by atoms with Crippen molar-refractivity contribution in [1.29, 1.82) is 0 Å². The van der Waals surface area contributed by atoms with Crippen LogP contribution in [-0.2, 0) is 5.54 Å². The fourth-order valence-electron chi connectivity index (χ4n) is 2.24. The van der Waals surface area contributed by atoms with E-state index >= 15 is 0 Å². The van der Waals surface area contributed by atoms with E-state index in [0.29, 0.717) is 21.5 Å². The molecule has 1 fully saturated rings. The van der Waals surface area contributed by atoms with Gasteiger partial charge in [-0.1, -0.05) is 0 Å². The molecule has 1 saturated carbocycles. The molecular weight excluding hydrogens is 277 g/mol. The van der Waals surface area contributed by atoms with Gasteiger partial charge < -0.3 is 15.2 Å². The third-order valence-corrected chi connectivity index (χ3v) is 4.06. The second kappa shape index (κ2) is 3.34. The van der Waals surface area contributed by atoms with Gasteiger partial charge in [0.15, 0.2) is 11.5 Å². The minimum atomic E-state index is -0.552. The molecule has 0 bridgehead atoms. The second-order valence-corrected chi connectivity index (χ2v) is 5.08. The van der Waals surface area contributed by atoms with Crippen molar-refractivity contribution >= 4 is 15.9 Å². The lowest BCUT2D eigenvalue weighted by Crippen LogP contribution is -2.44. The first-order valence-electron chi connectivity index (χ1n) is 5.19. The molecule has 86 valence electrons. The Labute approximate surface area is 101 Å². The predicted molar refractivity (Wildman–Crippen MR) is 59.9 cm³/mol. The van der Waals surface area contributed by atoms with E-state index in [4.69, 9.17) is 15.2 Å². The lowest BCUT2D eigenvalue weighted by Gasteiger charge is -2.39. The Morgan fingerprint density at radius 2 is 2.12 bits per heavy atom.